The third kappa shape index (κ3) is 2.42. The Morgan fingerprint density at radius 3 is 2.67 bits per heavy atom. The number of nitrogen functional groups attached to an aromatic ring is 1. The van der Waals surface area contributed by atoms with Crippen LogP contribution in [0.15, 0.2) is 18.2 Å². The summed E-state index contributed by atoms with van der Waals surface area (Å²) in [6.07, 6.45) is -2.88. The van der Waals surface area contributed by atoms with E-state index < -0.39 is 12.1 Å². The van der Waals surface area contributed by atoms with Gasteiger partial charge in [0.15, 0.2) is 0 Å². The first-order valence-corrected chi connectivity index (χ1v) is 5.66. The molecule has 0 unspecified atom stereocenters. The number of hydrogen-bond donors (Lipinski definition) is 1. The average molecular weight is 258 g/mol. The first-order chi connectivity index (χ1) is 8.39. The predicted octanol–water partition coefficient (Wildman–Crippen LogP) is 2.50. The second-order valence-electron chi connectivity index (χ2n) is 4.30. The van der Waals surface area contributed by atoms with Crippen LogP contribution in [-0.2, 0) is 11.2 Å². The third-order valence-electron chi connectivity index (χ3n) is 2.97. The Balaban J connectivity index is 2.44. The molecule has 0 fully saturated rings. The van der Waals surface area contributed by atoms with Crippen LogP contribution in [0.5, 0.6) is 0 Å². The van der Waals surface area contributed by atoms with Gasteiger partial charge in [-0.05, 0) is 37.0 Å². The first kappa shape index (κ1) is 12.7. The van der Waals surface area contributed by atoms with Crippen molar-refractivity contribution in [2.24, 2.45) is 0 Å². The number of carbonyl (C=O) groups excluding carboxylic acids is 1. The molecule has 2 rings (SSSR count). The van der Waals surface area contributed by atoms with Crippen LogP contribution in [-0.4, -0.2) is 18.6 Å². The Hall–Kier alpha value is -1.72. The van der Waals surface area contributed by atoms with Crippen molar-refractivity contribution in [1.29, 1.82) is 0 Å². The van der Waals surface area contributed by atoms with Crippen molar-refractivity contribution >= 4 is 17.3 Å². The number of nitrogens with zero attached hydrogens (tertiary/aromatic N) is 1. The highest BCUT2D eigenvalue weighted by Gasteiger charge is 2.43. The third-order valence-corrected chi connectivity index (χ3v) is 2.97. The van der Waals surface area contributed by atoms with Gasteiger partial charge in [-0.1, -0.05) is 6.07 Å². The van der Waals surface area contributed by atoms with Crippen molar-refractivity contribution in [3.8, 4) is 0 Å². The smallest absolute Gasteiger partial charge is 0.399 e. The number of alkyl halides is 3. The lowest BCUT2D eigenvalue weighted by atomic mass is 10.1. The molecule has 1 aliphatic heterocycles. The predicted molar refractivity (Wildman–Crippen MR) is 62.2 cm³/mol. The molecule has 1 heterocycles. The van der Waals surface area contributed by atoms with E-state index in [0.717, 1.165) is 16.9 Å². The molecule has 0 saturated carbocycles. The van der Waals surface area contributed by atoms with Crippen LogP contribution < -0.4 is 10.6 Å². The number of benzene rings is 1. The molecule has 1 aliphatic rings. The van der Waals surface area contributed by atoms with Crippen LogP contribution in [0.3, 0.4) is 0 Å². The van der Waals surface area contributed by atoms with E-state index in [1.165, 1.54) is 6.07 Å². The largest absolute Gasteiger partial charge is 0.471 e. The maximum Gasteiger partial charge on any atom is 0.471 e. The fourth-order valence-corrected chi connectivity index (χ4v) is 2.11. The van der Waals surface area contributed by atoms with Crippen molar-refractivity contribution in [3.63, 3.8) is 0 Å². The lowest BCUT2D eigenvalue weighted by Crippen LogP contribution is -2.41. The van der Waals surface area contributed by atoms with Crippen molar-refractivity contribution in [3.05, 3.63) is 23.8 Å². The highest BCUT2D eigenvalue weighted by Crippen LogP contribution is 2.31. The number of amides is 1. The van der Waals surface area contributed by atoms with E-state index in [-0.39, 0.29) is 12.2 Å². The zero-order valence-electron chi connectivity index (χ0n) is 9.63. The van der Waals surface area contributed by atoms with Crippen LogP contribution >= 0.6 is 0 Å². The molecule has 98 valence electrons. The molecule has 2 N–H and O–H groups in total. The summed E-state index contributed by atoms with van der Waals surface area (Å²) in [5.41, 5.74) is 6.96. The molecule has 0 saturated heterocycles. The Labute approximate surface area is 102 Å². The Kier molecular flexibility index (Phi) is 3.19. The van der Waals surface area contributed by atoms with E-state index in [1.807, 2.05) is 0 Å². The first-order valence-electron chi connectivity index (χ1n) is 5.66. The van der Waals surface area contributed by atoms with Crippen LogP contribution in [0.25, 0.3) is 0 Å². The van der Waals surface area contributed by atoms with Gasteiger partial charge < -0.3 is 10.6 Å². The quantitative estimate of drug-likeness (QED) is 0.727. The molecule has 6 heteroatoms. The van der Waals surface area contributed by atoms with Crippen molar-refractivity contribution in [2.75, 3.05) is 17.2 Å². The fourth-order valence-electron chi connectivity index (χ4n) is 2.11. The molecule has 1 amide bonds. The summed E-state index contributed by atoms with van der Waals surface area (Å²) in [5, 5.41) is 0. The van der Waals surface area contributed by atoms with Gasteiger partial charge in [-0.2, -0.15) is 13.2 Å². The monoisotopic (exact) mass is 258 g/mol. The molecule has 1 aromatic rings. The van der Waals surface area contributed by atoms with Gasteiger partial charge >= 0.3 is 12.1 Å². The molecule has 0 atom stereocenters. The Morgan fingerprint density at radius 2 is 2.00 bits per heavy atom. The number of nitrogens with two attached hydrogens (primary N) is 1. The normalized spacial score (nSPS) is 16.1. The van der Waals surface area contributed by atoms with E-state index >= 15 is 0 Å². The van der Waals surface area contributed by atoms with Gasteiger partial charge in [-0.15, -0.1) is 0 Å². The number of aryl methyl sites for hydroxylation is 1. The summed E-state index contributed by atoms with van der Waals surface area (Å²) in [6.45, 7) is 0.0782. The molecule has 18 heavy (non-hydrogen) atoms. The molecule has 3 nitrogen and oxygen atoms in total. The van der Waals surface area contributed by atoms with Gasteiger partial charge in [-0.25, -0.2) is 0 Å². The van der Waals surface area contributed by atoms with Gasteiger partial charge in [0, 0.05) is 17.9 Å². The van der Waals surface area contributed by atoms with E-state index in [0.29, 0.717) is 18.5 Å². The lowest BCUT2D eigenvalue weighted by molar-refractivity contribution is -0.170. The number of hydrogen-bond acceptors (Lipinski definition) is 2. The number of anilines is 2. The van der Waals surface area contributed by atoms with Gasteiger partial charge in [0.1, 0.15) is 0 Å². The molecule has 0 radical (unpaired) electrons. The minimum absolute atomic E-state index is 0.0782. The number of fused-ring (bicyclic) bond motifs is 1. The van der Waals surface area contributed by atoms with E-state index in [2.05, 4.69) is 0 Å². The average Bonchev–Trinajstić information content (AvgIpc) is 2.48. The molecule has 0 aromatic heterocycles. The number of rotatable bonds is 0. The molecule has 0 spiro atoms. The zero-order chi connectivity index (χ0) is 13.3. The number of halogens is 3. The fraction of sp³-hybridized carbons (Fsp3) is 0.417. The van der Waals surface area contributed by atoms with Gasteiger partial charge in [-0.3, -0.25) is 4.79 Å². The Bertz CT molecular complexity index is 471. The van der Waals surface area contributed by atoms with Gasteiger partial charge in [0.25, 0.3) is 0 Å². The van der Waals surface area contributed by atoms with Crippen LogP contribution in [0.2, 0.25) is 0 Å². The van der Waals surface area contributed by atoms with E-state index in [9.17, 15) is 18.0 Å². The SMILES string of the molecule is Nc1ccc2c(c1)N(C(=O)C(F)(F)F)CCCC2. The Morgan fingerprint density at radius 1 is 1.28 bits per heavy atom. The second-order valence-corrected chi connectivity index (χ2v) is 4.30. The second kappa shape index (κ2) is 4.51. The van der Waals surface area contributed by atoms with Crippen LogP contribution in [0.1, 0.15) is 18.4 Å². The van der Waals surface area contributed by atoms with Crippen LogP contribution in [0, 0.1) is 0 Å². The summed E-state index contributed by atoms with van der Waals surface area (Å²) in [6, 6.07) is 4.76. The minimum atomic E-state index is -4.85. The molecular formula is C12H13F3N2O. The standard InChI is InChI=1S/C12H13F3N2O/c13-12(14,15)11(18)17-6-2-1-3-8-4-5-9(16)7-10(8)17/h4-5,7H,1-3,6,16H2. The molecule has 1 aromatic carbocycles. The number of carbonyl (C=O) groups is 1. The van der Waals surface area contributed by atoms with Crippen molar-refractivity contribution in [2.45, 2.75) is 25.4 Å². The minimum Gasteiger partial charge on any atom is -0.399 e. The maximum atomic E-state index is 12.5. The van der Waals surface area contributed by atoms with E-state index in [4.69, 9.17) is 5.73 Å². The summed E-state index contributed by atoms with van der Waals surface area (Å²) >= 11 is 0. The summed E-state index contributed by atoms with van der Waals surface area (Å²) in [5.74, 6) is -1.82. The molecular weight excluding hydrogens is 245 g/mol. The summed E-state index contributed by atoms with van der Waals surface area (Å²) in [4.78, 5) is 12.2. The van der Waals surface area contributed by atoms with E-state index in [1.54, 1.807) is 12.1 Å². The van der Waals surface area contributed by atoms with Crippen molar-refractivity contribution < 1.29 is 18.0 Å². The summed E-state index contributed by atoms with van der Waals surface area (Å²) in [7, 11) is 0. The highest BCUT2D eigenvalue weighted by atomic mass is 19.4. The van der Waals surface area contributed by atoms with Gasteiger partial charge in [0.2, 0.25) is 0 Å². The highest BCUT2D eigenvalue weighted by molar-refractivity contribution is 5.98. The zero-order valence-corrected chi connectivity index (χ0v) is 9.63. The van der Waals surface area contributed by atoms with Gasteiger partial charge in [0.05, 0.1) is 0 Å². The molecule has 0 bridgehead atoms. The topological polar surface area (TPSA) is 46.3 Å². The lowest BCUT2D eigenvalue weighted by Gasteiger charge is -2.24. The molecule has 0 aliphatic carbocycles. The maximum absolute atomic E-state index is 12.5. The van der Waals surface area contributed by atoms with Crippen molar-refractivity contribution in [1.82, 2.24) is 0 Å². The summed E-state index contributed by atoms with van der Waals surface area (Å²) < 4.78 is 37.6. The van der Waals surface area contributed by atoms with Crippen LogP contribution in [0.4, 0.5) is 24.5 Å².